The third-order valence-electron chi connectivity index (χ3n) is 3.02. The van der Waals surface area contributed by atoms with Crippen molar-refractivity contribution in [2.45, 2.75) is 39.2 Å². The van der Waals surface area contributed by atoms with E-state index in [-0.39, 0.29) is 0 Å². The van der Waals surface area contributed by atoms with Crippen LogP contribution < -0.4 is 0 Å². The van der Waals surface area contributed by atoms with Crippen molar-refractivity contribution in [2.24, 2.45) is 11.8 Å². The molecule has 0 aliphatic heterocycles. The first kappa shape index (κ1) is 9.83. The van der Waals surface area contributed by atoms with Gasteiger partial charge < -0.3 is 0 Å². The van der Waals surface area contributed by atoms with Crippen molar-refractivity contribution in [2.75, 3.05) is 0 Å². The fraction of sp³-hybridized carbons (Fsp3) is 0.889. The summed E-state index contributed by atoms with van der Waals surface area (Å²) < 4.78 is 2.45. The Labute approximate surface area is 88.7 Å². The predicted molar refractivity (Wildman–Crippen MR) is 56.3 cm³/mol. The third kappa shape index (κ3) is 2.20. The van der Waals surface area contributed by atoms with Gasteiger partial charge in [-0.15, -0.1) is 0 Å². The standard InChI is InChI=1S/C9H16N4S/c1-7-3-2-4-8(5-7)6-13-9(14)10-11-12-13/h7-8H,2-6H2,1H3,(H,10,12,14). The van der Waals surface area contributed by atoms with E-state index in [4.69, 9.17) is 12.2 Å². The SMILES string of the molecule is CC1CCCC(Cn2[nH]nnc2=S)C1. The molecule has 2 unspecified atom stereocenters. The summed E-state index contributed by atoms with van der Waals surface area (Å²) in [7, 11) is 0. The number of hydrogen-bond donors (Lipinski definition) is 1. The van der Waals surface area contributed by atoms with Crippen LogP contribution in [0.4, 0.5) is 0 Å². The second kappa shape index (κ2) is 4.21. The lowest BCUT2D eigenvalue weighted by Gasteiger charge is -2.26. The molecule has 2 rings (SSSR count). The molecule has 4 nitrogen and oxygen atoms in total. The number of nitrogens with one attached hydrogen (secondary N) is 1. The molecule has 1 aromatic heterocycles. The molecule has 1 aromatic rings. The molecular weight excluding hydrogens is 196 g/mol. The van der Waals surface area contributed by atoms with E-state index in [2.05, 4.69) is 22.4 Å². The normalized spacial score (nSPS) is 27.8. The molecule has 0 spiro atoms. The Morgan fingerprint density at radius 3 is 3.07 bits per heavy atom. The molecule has 1 fully saturated rings. The van der Waals surface area contributed by atoms with Gasteiger partial charge in [0.15, 0.2) is 0 Å². The topological polar surface area (TPSA) is 46.5 Å². The molecule has 0 bridgehead atoms. The molecule has 1 aliphatic rings. The van der Waals surface area contributed by atoms with Gasteiger partial charge in [0, 0.05) is 6.54 Å². The van der Waals surface area contributed by atoms with Crippen LogP contribution in [0.1, 0.15) is 32.6 Å². The van der Waals surface area contributed by atoms with Gasteiger partial charge in [-0.05, 0) is 36.9 Å². The fourth-order valence-corrected chi connectivity index (χ4v) is 2.47. The van der Waals surface area contributed by atoms with Gasteiger partial charge >= 0.3 is 0 Å². The van der Waals surface area contributed by atoms with E-state index in [1.54, 1.807) is 0 Å². The molecule has 1 N–H and O–H groups in total. The zero-order valence-corrected chi connectivity index (χ0v) is 9.26. The third-order valence-corrected chi connectivity index (χ3v) is 3.32. The monoisotopic (exact) mass is 212 g/mol. The van der Waals surface area contributed by atoms with Crippen LogP contribution in [0.25, 0.3) is 0 Å². The first-order chi connectivity index (χ1) is 6.75. The van der Waals surface area contributed by atoms with Gasteiger partial charge in [-0.25, -0.2) is 4.68 Å². The maximum absolute atomic E-state index is 5.04. The zero-order valence-electron chi connectivity index (χ0n) is 8.44. The first-order valence-corrected chi connectivity index (χ1v) is 5.64. The quantitative estimate of drug-likeness (QED) is 0.764. The molecule has 0 radical (unpaired) electrons. The van der Waals surface area contributed by atoms with Gasteiger partial charge in [0.1, 0.15) is 0 Å². The van der Waals surface area contributed by atoms with Crippen molar-refractivity contribution in [3.63, 3.8) is 0 Å². The second-order valence-electron chi connectivity index (χ2n) is 4.33. The summed E-state index contributed by atoms with van der Waals surface area (Å²) in [5, 5.41) is 10.3. The molecule has 5 heteroatoms. The fourth-order valence-electron chi connectivity index (χ4n) is 2.32. The Kier molecular flexibility index (Phi) is 2.96. The molecule has 0 saturated heterocycles. The molecule has 1 saturated carbocycles. The molecule has 1 heterocycles. The van der Waals surface area contributed by atoms with Crippen molar-refractivity contribution in [1.29, 1.82) is 0 Å². The number of aromatic nitrogens is 4. The van der Waals surface area contributed by atoms with Crippen LogP contribution in [-0.4, -0.2) is 20.2 Å². The van der Waals surface area contributed by atoms with Crippen LogP contribution in [-0.2, 0) is 6.54 Å². The molecule has 78 valence electrons. The Bertz CT molecular complexity index is 343. The van der Waals surface area contributed by atoms with Gasteiger partial charge in [0.05, 0.1) is 0 Å². The van der Waals surface area contributed by atoms with Crippen LogP contribution in [0, 0.1) is 16.6 Å². The van der Waals surface area contributed by atoms with Gasteiger partial charge in [-0.3, -0.25) is 0 Å². The van der Waals surface area contributed by atoms with E-state index >= 15 is 0 Å². The van der Waals surface area contributed by atoms with Gasteiger partial charge in [-0.1, -0.05) is 30.1 Å². The van der Waals surface area contributed by atoms with E-state index in [1.807, 2.05) is 4.68 Å². The van der Waals surface area contributed by atoms with Crippen molar-refractivity contribution >= 4 is 12.2 Å². The minimum Gasteiger partial charge on any atom is -0.242 e. The predicted octanol–water partition coefficient (Wildman–Crippen LogP) is 2.16. The number of hydrogen-bond acceptors (Lipinski definition) is 3. The van der Waals surface area contributed by atoms with Crippen LogP contribution in [0.5, 0.6) is 0 Å². The van der Waals surface area contributed by atoms with Gasteiger partial charge in [0.2, 0.25) is 4.77 Å². The molecule has 0 aromatic carbocycles. The summed E-state index contributed by atoms with van der Waals surface area (Å²) in [6, 6.07) is 0. The summed E-state index contributed by atoms with van der Waals surface area (Å²) in [5.74, 6) is 1.60. The Hall–Kier alpha value is -0.710. The minimum absolute atomic E-state index is 0.572. The van der Waals surface area contributed by atoms with Crippen LogP contribution in [0.2, 0.25) is 0 Å². The lowest BCUT2D eigenvalue weighted by atomic mass is 9.82. The van der Waals surface area contributed by atoms with Crippen LogP contribution in [0.15, 0.2) is 0 Å². The highest BCUT2D eigenvalue weighted by Gasteiger charge is 2.19. The number of aromatic amines is 1. The number of rotatable bonds is 2. The van der Waals surface area contributed by atoms with E-state index < -0.39 is 0 Å². The summed E-state index contributed by atoms with van der Waals surface area (Å²) in [6.45, 7) is 3.28. The van der Waals surface area contributed by atoms with Crippen molar-refractivity contribution < 1.29 is 0 Å². The van der Waals surface area contributed by atoms with Crippen molar-refractivity contribution in [3.8, 4) is 0 Å². The van der Waals surface area contributed by atoms with E-state index in [0.29, 0.717) is 4.77 Å². The Morgan fingerprint density at radius 2 is 2.43 bits per heavy atom. The lowest BCUT2D eigenvalue weighted by molar-refractivity contribution is 0.248. The summed E-state index contributed by atoms with van der Waals surface area (Å²) in [5.41, 5.74) is 0. The van der Waals surface area contributed by atoms with Gasteiger partial charge in [0.25, 0.3) is 0 Å². The molecule has 2 atom stereocenters. The van der Waals surface area contributed by atoms with Crippen molar-refractivity contribution in [1.82, 2.24) is 20.2 Å². The molecule has 14 heavy (non-hydrogen) atoms. The largest absolute Gasteiger partial charge is 0.242 e. The highest BCUT2D eigenvalue weighted by Crippen LogP contribution is 2.29. The Morgan fingerprint density at radius 1 is 1.57 bits per heavy atom. The van der Waals surface area contributed by atoms with Crippen molar-refractivity contribution in [3.05, 3.63) is 4.77 Å². The highest BCUT2D eigenvalue weighted by atomic mass is 32.1. The molecule has 0 amide bonds. The summed E-state index contributed by atoms with van der Waals surface area (Å²) in [4.78, 5) is 0. The maximum atomic E-state index is 5.04. The summed E-state index contributed by atoms with van der Waals surface area (Å²) >= 11 is 5.04. The average Bonchev–Trinajstić information content (AvgIpc) is 2.52. The number of H-pyrrole nitrogens is 1. The molecule has 1 aliphatic carbocycles. The van der Waals surface area contributed by atoms with E-state index in [1.165, 1.54) is 25.7 Å². The number of tetrazole rings is 1. The van der Waals surface area contributed by atoms with E-state index in [9.17, 15) is 0 Å². The average molecular weight is 212 g/mol. The number of nitrogens with zero attached hydrogens (tertiary/aromatic N) is 3. The van der Waals surface area contributed by atoms with E-state index in [0.717, 1.165) is 18.4 Å². The lowest BCUT2D eigenvalue weighted by Crippen LogP contribution is -2.19. The second-order valence-corrected chi connectivity index (χ2v) is 4.70. The highest BCUT2D eigenvalue weighted by molar-refractivity contribution is 7.71. The smallest absolute Gasteiger partial charge is 0.238 e. The Balaban J connectivity index is 1.97. The zero-order chi connectivity index (χ0) is 9.97. The molecular formula is C9H16N4S. The van der Waals surface area contributed by atoms with Gasteiger partial charge in [-0.2, -0.15) is 5.21 Å². The van der Waals surface area contributed by atoms with Crippen LogP contribution >= 0.6 is 12.2 Å². The maximum Gasteiger partial charge on any atom is 0.238 e. The minimum atomic E-state index is 0.572. The van der Waals surface area contributed by atoms with Crippen LogP contribution in [0.3, 0.4) is 0 Å². The summed E-state index contributed by atoms with van der Waals surface area (Å²) in [6.07, 6.45) is 5.34. The first-order valence-electron chi connectivity index (χ1n) is 5.23.